The quantitative estimate of drug-likeness (QED) is 0.852. The van der Waals surface area contributed by atoms with E-state index in [4.69, 9.17) is 0 Å². The molecule has 0 spiro atoms. The van der Waals surface area contributed by atoms with Gasteiger partial charge in [0.05, 0.1) is 0 Å². The van der Waals surface area contributed by atoms with Crippen molar-refractivity contribution >= 4 is 17.5 Å². The SMILES string of the molecule is Cc1ccc(C(=O)N2CCN(c3ccc(C)cc3)C(=O)C2C)cc1. The molecule has 0 bridgehead atoms. The van der Waals surface area contributed by atoms with Gasteiger partial charge in [-0.1, -0.05) is 35.4 Å². The van der Waals surface area contributed by atoms with Crippen molar-refractivity contribution in [1.82, 2.24) is 4.90 Å². The Morgan fingerprint density at radius 2 is 1.46 bits per heavy atom. The molecule has 1 unspecified atom stereocenters. The maximum absolute atomic E-state index is 12.7. The van der Waals surface area contributed by atoms with Gasteiger partial charge >= 0.3 is 0 Å². The third-order valence-electron chi connectivity index (χ3n) is 4.56. The Morgan fingerprint density at radius 3 is 2.04 bits per heavy atom. The standard InChI is InChI=1S/C20H22N2O2/c1-14-4-8-17(9-5-14)20(24)21-12-13-22(19(23)16(21)3)18-10-6-15(2)7-11-18/h4-11,16H,12-13H2,1-3H3. The van der Waals surface area contributed by atoms with Gasteiger partial charge in [-0.2, -0.15) is 0 Å². The molecule has 2 aromatic carbocycles. The topological polar surface area (TPSA) is 40.6 Å². The second kappa shape index (κ2) is 6.48. The molecule has 0 saturated carbocycles. The van der Waals surface area contributed by atoms with Crippen LogP contribution in [-0.4, -0.2) is 35.8 Å². The van der Waals surface area contributed by atoms with Gasteiger partial charge in [-0.3, -0.25) is 9.59 Å². The summed E-state index contributed by atoms with van der Waals surface area (Å²) in [7, 11) is 0. The lowest BCUT2D eigenvalue weighted by molar-refractivity contribution is -0.124. The average molecular weight is 322 g/mol. The molecule has 0 aliphatic carbocycles. The van der Waals surface area contributed by atoms with Gasteiger partial charge in [-0.25, -0.2) is 0 Å². The summed E-state index contributed by atoms with van der Waals surface area (Å²) in [5.41, 5.74) is 3.79. The fourth-order valence-corrected chi connectivity index (χ4v) is 2.99. The Balaban J connectivity index is 1.78. The number of benzene rings is 2. The van der Waals surface area contributed by atoms with Crippen LogP contribution in [0.2, 0.25) is 0 Å². The van der Waals surface area contributed by atoms with Crippen molar-refractivity contribution < 1.29 is 9.59 Å². The van der Waals surface area contributed by atoms with Gasteiger partial charge in [-0.05, 0) is 45.0 Å². The van der Waals surface area contributed by atoms with E-state index in [2.05, 4.69) is 0 Å². The zero-order chi connectivity index (χ0) is 17.3. The van der Waals surface area contributed by atoms with Crippen molar-refractivity contribution in [2.24, 2.45) is 0 Å². The molecule has 1 saturated heterocycles. The van der Waals surface area contributed by atoms with Crippen LogP contribution in [0.15, 0.2) is 48.5 Å². The zero-order valence-corrected chi connectivity index (χ0v) is 14.3. The van der Waals surface area contributed by atoms with Crippen molar-refractivity contribution in [3.05, 3.63) is 65.2 Å². The van der Waals surface area contributed by atoms with E-state index in [9.17, 15) is 9.59 Å². The van der Waals surface area contributed by atoms with Gasteiger partial charge in [0, 0.05) is 24.3 Å². The molecule has 0 N–H and O–H groups in total. The van der Waals surface area contributed by atoms with Gasteiger partial charge in [-0.15, -0.1) is 0 Å². The van der Waals surface area contributed by atoms with Crippen LogP contribution in [0.5, 0.6) is 0 Å². The molecule has 1 aliphatic heterocycles. The van der Waals surface area contributed by atoms with Gasteiger partial charge in [0.15, 0.2) is 0 Å². The second-order valence-electron chi connectivity index (χ2n) is 6.37. The van der Waals surface area contributed by atoms with E-state index in [0.29, 0.717) is 18.7 Å². The minimum atomic E-state index is -0.464. The Hall–Kier alpha value is -2.62. The summed E-state index contributed by atoms with van der Waals surface area (Å²) in [6, 6.07) is 14.9. The number of amides is 2. The summed E-state index contributed by atoms with van der Waals surface area (Å²) in [5.74, 6) is -0.120. The van der Waals surface area contributed by atoms with E-state index in [1.54, 1.807) is 16.7 Å². The predicted molar refractivity (Wildman–Crippen MR) is 95.2 cm³/mol. The van der Waals surface area contributed by atoms with Crippen molar-refractivity contribution in [3.8, 4) is 0 Å². The Kier molecular flexibility index (Phi) is 4.38. The van der Waals surface area contributed by atoms with Gasteiger partial charge in [0.25, 0.3) is 5.91 Å². The number of rotatable bonds is 2. The summed E-state index contributed by atoms with van der Waals surface area (Å²) in [6.45, 7) is 6.86. The molecular weight excluding hydrogens is 300 g/mol. The molecule has 4 heteroatoms. The van der Waals surface area contributed by atoms with E-state index in [1.165, 1.54) is 0 Å². The minimum absolute atomic E-state index is 0.0365. The highest BCUT2D eigenvalue weighted by Crippen LogP contribution is 2.22. The molecular formula is C20H22N2O2. The average Bonchev–Trinajstić information content (AvgIpc) is 2.58. The third-order valence-corrected chi connectivity index (χ3v) is 4.56. The maximum Gasteiger partial charge on any atom is 0.254 e. The molecule has 1 fully saturated rings. The van der Waals surface area contributed by atoms with Gasteiger partial charge in [0.1, 0.15) is 6.04 Å². The first-order valence-electron chi connectivity index (χ1n) is 8.23. The summed E-state index contributed by atoms with van der Waals surface area (Å²) in [4.78, 5) is 28.9. The first-order chi connectivity index (χ1) is 11.5. The molecule has 0 aromatic heterocycles. The van der Waals surface area contributed by atoms with E-state index < -0.39 is 6.04 Å². The Bertz CT molecular complexity index is 750. The van der Waals surface area contributed by atoms with Crippen LogP contribution < -0.4 is 4.90 Å². The summed E-state index contributed by atoms with van der Waals surface area (Å²) in [6.07, 6.45) is 0. The van der Waals surface area contributed by atoms with E-state index in [0.717, 1.165) is 16.8 Å². The number of anilines is 1. The lowest BCUT2D eigenvalue weighted by atomic mass is 10.1. The van der Waals surface area contributed by atoms with Crippen LogP contribution in [0.3, 0.4) is 0 Å². The molecule has 1 heterocycles. The fourth-order valence-electron chi connectivity index (χ4n) is 2.99. The smallest absolute Gasteiger partial charge is 0.254 e. The van der Waals surface area contributed by atoms with Crippen molar-refractivity contribution in [2.45, 2.75) is 26.8 Å². The number of aryl methyl sites for hydroxylation is 2. The summed E-state index contributed by atoms with van der Waals surface area (Å²) in [5, 5.41) is 0. The predicted octanol–water partition coefficient (Wildman–Crippen LogP) is 3.18. The highest BCUT2D eigenvalue weighted by molar-refractivity contribution is 6.03. The lowest BCUT2D eigenvalue weighted by Gasteiger charge is -2.39. The number of nitrogens with zero attached hydrogens (tertiary/aromatic N) is 2. The van der Waals surface area contributed by atoms with Crippen LogP contribution in [0.1, 0.15) is 28.4 Å². The maximum atomic E-state index is 12.7. The minimum Gasteiger partial charge on any atom is -0.325 e. The number of hydrogen-bond donors (Lipinski definition) is 0. The van der Waals surface area contributed by atoms with Crippen LogP contribution in [-0.2, 0) is 4.79 Å². The number of piperazine rings is 1. The van der Waals surface area contributed by atoms with E-state index in [1.807, 2.05) is 62.4 Å². The molecule has 0 radical (unpaired) electrons. The highest BCUT2D eigenvalue weighted by atomic mass is 16.2. The number of hydrogen-bond acceptors (Lipinski definition) is 2. The lowest BCUT2D eigenvalue weighted by Crippen LogP contribution is -2.57. The van der Waals surface area contributed by atoms with Gasteiger partial charge in [0.2, 0.25) is 5.91 Å². The molecule has 4 nitrogen and oxygen atoms in total. The largest absolute Gasteiger partial charge is 0.325 e. The normalized spacial score (nSPS) is 18.0. The molecule has 3 rings (SSSR count). The van der Waals surface area contributed by atoms with E-state index in [-0.39, 0.29) is 11.8 Å². The molecule has 2 amide bonds. The monoisotopic (exact) mass is 322 g/mol. The van der Waals surface area contributed by atoms with E-state index >= 15 is 0 Å². The molecule has 1 aliphatic rings. The Labute approximate surface area is 142 Å². The third kappa shape index (κ3) is 3.04. The van der Waals surface area contributed by atoms with Crippen LogP contribution in [0.4, 0.5) is 5.69 Å². The van der Waals surface area contributed by atoms with Crippen LogP contribution in [0, 0.1) is 13.8 Å². The summed E-state index contributed by atoms with van der Waals surface area (Å²) >= 11 is 0. The molecule has 24 heavy (non-hydrogen) atoms. The second-order valence-corrected chi connectivity index (χ2v) is 6.37. The molecule has 124 valence electrons. The highest BCUT2D eigenvalue weighted by Gasteiger charge is 2.35. The first kappa shape index (κ1) is 16.2. The van der Waals surface area contributed by atoms with Gasteiger partial charge < -0.3 is 9.80 Å². The number of carbonyl (C=O) groups excluding carboxylic acids is 2. The molecule has 2 aromatic rings. The van der Waals surface area contributed by atoms with Crippen molar-refractivity contribution in [1.29, 1.82) is 0 Å². The fraction of sp³-hybridized carbons (Fsp3) is 0.300. The molecule has 1 atom stereocenters. The Morgan fingerprint density at radius 1 is 0.917 bits per heavy atom. The zero-order valence-electron chi connectivity index (χ0n) is 14.3. The van der Waals surface area contributed by atoms with Crippen LogP contribution >= 0.6 is 0 Å². The summed E-state index contributed by atoms with van der Waals surface area (Å²) < 4.78 is 0. The first-order valence-corrected chi connectivity index (χ1v) is 8.23. The van der Waals surface area contributed by atoms with Crippen molar-refractivity contribution in [3.63, 3.8) is 0 Å². The van der Waals surface area contributed by atoms with Crippen LogP contribution in [0.25, 0.3) is 0 Å². The van der Waals surface area contributed by atoms with Crippen molar-refractivity contribution in [2.75, 3.05) is 18.0 Å². The number of carbonyl (C=O) groups is 2.